The zero-order valence-corrected chi connectivity index (χ0v) is 7.97. The third kappa shape index (κ3) is 1.64. The van der Waals surface area contributed by atoms with Crippen molar-refractivity contribution in [1.29, 1.82) is 0 Å². The largest absolute Gasteiger partial charge is 0.325 e. The summed E-state index contributed by atoms with van der Waals surface area (Å²) in [6.45, 7) is 0. The molecule has 0 atom stereocenters. The molecule has 0 spiro atoms. The highest BCUT2D eigenvalue weighted by atomic mass is 32.2. The Morgan fingerprint density at radius 1 is 1.50 bits per heavy atom. The van der Waals surface area contributed by atoms with E-state index in [0.29, 0.717) is 11.2 Å². The molecule has 2 rings (SSSR count). The molecule has 14 heavy (non-hydrogen) atoms. The second kappa shape index (κ2) is 2.91. The number of fused-ring (bicyclic) bond motifs is 1. The van der Waals surface area contributed by atoms with E-state index in [1.165, 1.54) is 6.20 Å². The third-order valence-corrected chi connectivity index (χ3v) is 1.81. The van der Waals surface area contributed by atoms with Crippen molar-refractivity contribution in [3.05, 3.63) is 18.3 Å². The van der Waals surface area contributed by atoms with Crippen LogP contribution < -0.4 is 4.28 Å². The van der Waals surface area contributed by atoms with Crippen LogP contribution in [0.5, 0.6) is 0 Å². The Bertz CT molecular complexity index is 561. The molecule has 2 heterocycles. The summed E-state index contributed by atoms with van der Waals surface area (Å²) in [6.07, 6.45) is 2.46. The molecule has 74 valence electrons. The first kappa shape index (κ1) is 8.88. The van der Waals surface area contributed by atoms with Crippen LogP contribution >= 0.6 is 0 Å². The fraction of sp³-hybridized carbons (Fsp3) is 0.167. The van der Waals surface area contributed by atoms with Crippen molar-refractivity contribution >= 4 is 21.3 Å². The van der Waals surface area contributed by atoms with Crippen LogP contribution in [0.4, 0.5) is 0 Å². The van der Waals surface area contributed by atoms with Gasteiger partial charge in [-0.2, -0.15) is 8.42 Å². The minimum Gasteiger partial charge on any atom is -0.268 e. The molecule has 8 heteroatoms. The Labute approximate surface area is 79.4 Å². The van der Waals surface area contributed by atoms with Gasteiger partial charge in [0.25, 0.3) is 0 Å². The van der Waals surface area contributed by atoms with Gasteiger partial charge < -0.3 is 0 Å². The number of pyridine rings is 1. The molecule has 0 radical (unpaired) electrons. The molecule has 0 aromatic carbocycles. The van der Waals surface area contributed by atoms with Crippen LogP contribution in [-0.4, -0.2) is 34.8 Å². The Hall–Kier alpha value is -1.70. The number of rotatable bonds is 2. The quantitative estimate of drug-likeness (QED) is 0.651. The molecular weight excluding hydrogens is 208 g/mol. The van der Waals surface area contributed by atoms with Crippen LogP contribution in [0.2, 0.25) is 0 Å². The minimum atomic E-state index is -3.61. The summed E-state index contributed by atoms with van der Waals surface area (Å²) in [5.41, 5.74) is 0.731. The standard InChI is InChI=1S/C6H6N4O3S/c1-14(11,12)13-10-5-3-2-4-7-6(5)8-9-10/h2-4H,1H3. The summed E-state index contributed by atoms with van der Waals surface area (Å²) in [5, 5.41) is 7.10. The van der Waals surface area contributed by atoms with Crippen molar-refractivity contribution in [2.75, 3.05) is 6.26 Å². The van der Waals surface area contributed by atoms with Gasteiger partial charge in [0.1, 0.15) is 0 Å². The van der Waals surface area contributed by atoms with Crippen LogP contribution in [0.1, 0.15) is 0 Å². The molecule has 0 N–H and O–H groups in total. The number of aromatic nitrogens is 4. The average Bonchev–Trinajstić information content (AvgIpc) is 2.47. The van der Waals surface area contributed by atoms with E-state index in [1.54, 1.807) is 12.1 Å². The van der Waals surface area contributed by atoms with Gasteiger partial charge in [0, 0.05) is 6.20 Å². The van der Waals surface area contributed by atoms with E-state index in [4.69, 9.17) is 0 Å². The Morgan fingerprint density at radius 2 is 2.29 bits per heavy atom. The molecule has 2 aromatic heterocycles. The van der Waals surface area contributed by atoms with E-state index in [1.807, 2.05) is 0 Å². The van der Waals surface area contributed by atoms with Crippen LogP contribution in [0.15, 0.2) is 18.3 Å². The second-order valence-electron chi connectivity index (χ2n) is 2.59. The smallest absolute Gasteiger partial charge is 0.268 e. The Morgan fingerprint density at radius 3 is 3.00 bits per heavy atom. The van der Waals surface area contributed by atoms with Crippen molar-refractivity contribution < 1.29 is 12.7 Å². The summed E-state index contributed by atoms with van der Waals surface area (Å²) in [6, 6.07) is 3.24. The van der Waals surface area contributed by atoms with Crippen molar-refractivity contribution in [2.24, 2.45) is 0 Å². The number of hydrogen-bond acceptors (Lipinski definition) is 6. The lowest BCUT2D eigenvalue weighted by molar-refractivity contribution is 0.247. The highest BCUT2D eigenvalue weighted by Crippen LogP contribution is 2.05. The second-order valence-corrected chi connectivity index (χ2v) is 4.14. The topological polar surface area (TPSA) is 87.0 Å². The Kier molecular flexibility index (Phi) is 1.84. The lowest BCUT2D eigenvalue weighted by Gasteiger charge is -1.99. The van der Waals surface area contributed by atoms with Gasteiger partial charge in [-0.1, -0.05) is 4.85 Å². The number of hydrogen-bond donors (Lipinski definition) is 0. The van der Waals surface area contributed by atoms with Gasteiger partial charge in [0.15, 0.2) is 5.52 Å². The molecule has 0 unspecified atom stereocenters. The van der Waals surface area contributed by atoms with E-state index in [-0.39, 0.29) is 0 Å². The summed E-state index contributed by atoms with van der Waals surface area (Å²) < 4.78 is 26.2. The predicted molar refractivity (Wildman–Crippen MR) is 46.7 cm³/mol. The van der Waals surface area contributed by atoms with Crippen LogP contribution in [0.3, 0.4) is 0 Å². The first-order valence-electron chi connectivity index (χ1n) is 3.63. The van der Waals surface area contributed by atoms with Gasteiger partial charge in [-0.25, -0.2) is 4.98 Å². The highest BCUT2D eigenvalue weighted by molar-refractivity contribution is 7.86. The maximum absolute atomic E-state index is 10.8. The third-order valence-electron chi connectivity index (χ3n) is 1.40. The van der Waals surface area contributed by atoms with Crippen LogP contribution in [0, 0.1) is 0 Å². The number of nitrogens with zero attached hydrogens (tertiary/aromatic N) is 4. The first-order chi connectivity index (χ1) is 6.56. The summed E-state index contributed by atoms with van der Waals surface area (Å²) in [7, 11) is -3.61. The molecule has 0 aliphatic heterocycles. The fourth-order valence-electron chi connectivity index (χ4n) is 0.929. The SMILES string of the molecule is CS(=O)(=O)On1nnc2ncccc21. The lowest BCUT2D eigenvalue weighted by Crippen LogP contribution is -2.19. The highest BCUT2D eigenvalue weighted by Gasteiger charge is 2.10. The van der Waals surface area contributed by atoms with Gasteiger partial charge in [-0.15, -0.1) is 5.10 Å². The first-order valence-corrected chi connectivity index (χ1v) is 5.44. The zero-order chi connectivity index (χ0) is 10.2. The summed E-state index contributed by atoms with van der Waals surface area (Å²) in [4.78, 5) is 4.68. The predicted octanol–water partition coefficient (Wildman–Crippen LogP) is -0.785. The van der Waals surface area contributed by atoms with E-state index >= 15 is 0 Å². The molecule has 0 aliphatic carbocycles. The monoisotopic (exact) mass is 214 g/mol. The molecule has 0 aliphatic rings. The van der Waals surface area contributed by atoms with Gasteiger partial charge in [-0.05, 0) is 17.3 Å². The van der Waals surface area contributed by atoms with Crippen molar-refractivity contribution in [3.8, 4) is 0 Å². The molecule has 0 bridgehead atoms. The zero-order valence-electron chi connectivity index (χ0n) is 7.15. The summed E-state index contributed by atoms with van der Waals surface area (Å²) >= 11 is 0. The maximum Gasteiger partial charge on any atom is 0.325 e. The van der Waals surface area contributed by atoms with Gasteiger partial charge in [0.05, 0.1) is 6.26 Å². The fourth-order valence-corrected chi connectivity index (χ4v) is 1.30. The van der Waals surface area contributed by atoms with Crippen LogP contribution in [-0.2, 0) is 10.1 Å². The van der Waals surface area contributed by atoms with Gasteiger partial charge in [-0.3, -0.25) is 4.28 Å². The molecule has 0 saturated heterocycles. The van der Waals surface area contributed by atoms with E-state index in [2.05, 4.69) is 19.6 Å². The molecular formula is C6H6N4O3S. The van der Waals surface area contributed by atoms with Crippen molar-refractivity contribution in [3.63, 3.8) is 0 Å². The molecule has 7 nitrogen and oxygen atoms in total. The molecule has 0 fully saturated rings. The van der Waals surface area contributed by atoms with E-state index in [9.17, 15) is 8.42 Å². The lowest BCUT2D eigenvalue weighted by atomic mass is 10.4. The van der Waals surface area contributed by atoms with Crippen molar-refractivity contribution in [2.45, 2.75) is 0 Å². The minimum absolute atomic E-state index is 0.330. The van der Waals surface area contributed by atoms with Gasteiger partial charge in [0.2, 0.25) is 5.65 Å². The molecule has 0 saturated carbocycles. The van der Waals surface area contributed by atoms with E-state index < -0.39 is 10.1 Å². The molecule has 2 aromatic rings. The van der Waals surface area contributed by atoms with Crippen LogP contribution in [0.25, 0.3) is 11.2 Å². The average molecular weight is 214 g/mol. The Balaban J connectivity index is 2.54. The van der Waals surface area contributed by atoms with Crippen molar-refractivity contribution in [1.82, 2.24) is 20.1 Å². The van der Waals surface area contributed by atoms with E-state index in [0.717, 1.165) is 11.1 Å². The maximum atomic E-state index is 10.8. The molecule has 0 amide bonds. The summed E-state index contributed by atoms with van der Waals surface area (Å²) in [5.74, 6) is 0. The van der Waals surface area contributed by atoms with Gasteiger partial charge >= 0.3 is 10.1 Å². The normalized spacial score (nSPS) is 11.8.